The quantitative estimate of drug-likeness (QED) is 0.630. The van der Waals surface area contributed by atoms with Crippen molar-refractivity contribution in [1.82, 2.24) is 20.2 Å². The number of methoxy groups -OCH3 is 1. The number of nitrogen functional groups attached to an aromatic ring is 2. The number of halogens is 1. The lowest BCUT2D eigenvalue weighted by atomic mass is 10.0. The highest BCUT2D eigenvalue weighted by atomic mass is 35.5. The molecule has 29 heavy (non-hydrogen) atoms. The number of piperidine rings is 1. The summed E-state index contributed by atoms with van der Waals surface area (Å²) < 4.78 is 5.28. The Labute approximate surface area is 175 Å². The summed E-state index contributed by atoms with van der Waals surface area (Å²) in [6.07, 6.45) is 3.96. The zero-order valence-electron chi connectivity index (χ0n) is 16.5. The smallest absolute Gasteiger partial charge is 0.274 e. The van der Waals surface area contributed by atoms with Crippen molar-refractivity contribution in [3.8, 4) is 5.75 Å². The van der Waals surface area contributed by atoms with E-state index < -0.39 is 0 Å². The first-order valence-corrected chi connectivity index (χ1v) is 10.1. The van der Waals surface area contributed by atoms with E-state index in [1.807, 2.05) is 12.1 Å². The van der Waals surface area contributed by atoms with Gasteiger partial charge in [0, 0.05) is 12.6 Å². The molecule has 8 nitrogen and oxygen atoms in total. The number of nitrogens with one attached hydrogen (secondary N) is 1. The van der Waals surface area contributed by atoms with Crippen LogP contribution in [0.5, 0.6) is 5.75 Å². The van der Waals surface area contributed by atoms with Crippen molar-refractivity contribution < 1.29 is 9.53 Å². The van der Waals surface area contributed by atoms with E-state index in [9.17, 15) is 4.79 Å². The summed E-state index contributed by atoms with van der Waals surface area (Å²) in [7, 11) is 1.68. The summed E-state index contributed by atoms with van der Waals surface area (Å²) in [4.78, 5) is 22.8. The Bertz CT molecular complexity index is 863. The van der Waals surface area contributed by atoms with Crippen LogP contribution < -0.4 is 21.5 Å². The summed E-state index contributed by atoms with van der Waals surface area (Å²) >= 11 is 5.87. The van der Waals surface area contributed by atoms with Crippen molar-refractivity contribution in [3.05, 3.63) is 40.7 Å². The number of rotatable bonds is 7. The fourth-order valence-electron chi connectivity index (χ4n) is 3.57. The molecule has 1 aromatic heterocycles. The lowest BCUT2D eigenvalue weighted by molar-refractivity contribution is 0.0899. The lowest BCUT2D eigenvalue weighted by Crippen LogP contribution is -2.48. The van der Waals surface area contributed by atoms with E-state index >= 15 is 0 Å². The number of carbonyl (C=O) groups is 1. The largest absolute Gasteiger partial charge is 0.497 e. The number of aryl methyl sites for hydroxylation is 1. The van der Waals surface area contributed by atoms with Crippen molar-refractivity contribution in [3.63, 3.8) is 0 Å². The molecule has 0 aliphatic carbocycles. The lowest BCUT2D eigenvalue weighted by Gasteiger charge is -2.33. The van der Waals surface area contributed by atoms with Gasteiger partial charge in [-0.3, -0.25) is 4.79 Å². The number of aromatic nitrogens is 2. The van der Waals surface area contributed by atoms with Gasteiger partial charge in [0.15, 0.2) is 22.5 Å². The summed E-state index contributed by atoms with van der Waals surface area (Å²) in [5, 5.41) is 2.98. The summed E-state index contributed by atoms with van der Waals surface area (Å²) in [6, 6.07) is 8.18. The van der Waals surface area contributed by atoms with Crippen LogP contribution in [0.15, 0.2) is 24.3 Å². The van der Waals surface area contributed by atoms with Crippen LogP contribution in [0.1, 0.15) is 35.3 Å². The van der Waals surface area contributed by atoms with Crippen molar-refractivity contribution in [2.45, 2.75) is 31.7 Å². The SMILES string of the molecule is COc1cccc(CCCN2CCCC(NC(=O)c3nc(Cl)c(N)nc3N)C2)c1. The fourth-order valence-corrected chi connectivity index (χ4v) is 3.70. The maximum atomic E-state index is 12.5. The highest BCUT2D eigenvalue weighted by Crippen LogP contribution is 2.19. The number of hydrogen-bond donors (Lipinski definition) is 3. The highest BCUT2D eigenvalue weighted by Gasteiger charge is 2.24. The van der Waals surface area contributed by atoms with E-state index in [0.717, 1.165) is 51.1 Å². The van der Waals surface area contributed by atoms with Gasteiger partial charge in [-0.1, -0.05) is 23.7 Å². The first-order chi connectivity index (χ1) is 14.0. The number of ether oxygens (including phenoxy) is 1. The van der Waals surface area contributed by atoms with E-state index in [1.165, 1.54) is 5.56 Å². The fraction of sp³-hybridized carbons (Fsp3) is 0.450. The van der Waals surface area contributed by atoms with Crippen molar-refractivity contribution in [2.75, 3.05) is 38.2 Å². The van der Waals surface area contributed by atoms with Gasteiger partial charge in [-0.15, -0.1) is 0 Å². The molecule has 1 atom stereocenters. The first-order valence-electron chi connectivity index (χ1n) is 9.71. The maximum Gasteiger partial charge on any atom is 0.274 e. The minimum atomic E-state index is -0.375. The third kappa shape index (κ3) is 5.71. The number of hydrogen-bond acceptors (Lipinski definition) is 7. The second-order valence-electron chi connectivity index (χ2n) is 7.20. The van der Waals surface area contributed by atoms with Gasteiger partial charge < -0.3 is 26.4 Å². The van der Waals surface area contributed by atoms with E-state index in [1.54, 1.807) is 7.11 Å². The van der Waals surface area contributed by atoms with Gasteiger partial charge >= 0.3 is 0 Å². The van der Waals surface area contributed by atoms with E-state index in [-0.39, 0.29) is 34.4 Å². The summed E-state index contributed by atoms with van der Waals surface area (Å²) in [5.74, 6) is 0.504. The maximum absolute atomic E-state index is 12.5. The molecule has 2 aromatic rings. The van der Waals surface area contributed by atoms with Crippen LogP contribution in [-0.4, -0.2) is 53.6 Å². The van der Waals surface area contributed by atoms with Gasteiger partial charge in [0.25, 0.3) is 5.91 Å². The number of nitrogens with two attached hydrogens (primary N) is 2. The third-order valence-electron chi connectivity index (χ3n) is 5.03. The Hall–Kier alpha value is -2.58. The zero-order valence-corrected chi connectivity index (χ0v) is 17.3. The molecular formula is C20H27ClN6O2. The van der Waals surface area contributed by atoms with Crippen LogP contribution >= 0.6 is 11.6 Å². The number of anilines is 2. The van der Waals surface area contributed by atoms with Crippen LogP contribution in [0.4, 0.5) is 11.6 Å². The second kappa shape index (κ2) is 9.76. The van der Waals surface area contributed by atoms with Crippen LogP contribution in [0.2, 0.25) is 5.15 Å². The minimum absolute atomic E-state index is 0.0133. The van der Waals surface area contributed by atoms with Gasteiger partial charge in [0.2, 0.25) is 0 Å². The Morgan fingerprint density at radius 2 is 2.17 bits per heavy atom. The Morgan fingerprint density at radius 3 is 2.97 bits per heavy atom. The molecule has 1 saturated heterocycles. The topological polar surface area (TPSA) is 119 Å². The average molecular weight is 419 g/mol. The van der Waals surface area contributed by atoms with Crippen molar-refractivity contribution in [1.29, 1.82) is 0 Å². The molecule has 156 valence electrons. The normalized spacial score (nSPS) is 17.1. The molecule has 0 radical (unpaired) electrons. The molecule has 1 aliphatic rings. The predicted molar refractivity (Wildman–Crippen MR) is 114 cm³/mol. The highest BCUT2D eigenvalue weighted by molar-refractivity contribution is 6.31. The number of carbonyl (C=O) groups excluding carboxylic acids is 1. The standard InChI is InChI=1S/C20H27ClN6O2/c1-29-15-8-2-5-13(11-15)6-3-9-27-10-4-7-14(12-27)24-20(28)16-18(22)26-19(23)17(21)25-16/h2,5,8,11,14H,3-4,6-7,9-10,12H2,1H3,(H,24,28)(H4,22,23,26). The minimum Gasteiger partial charge on any atom is -0.497 e. The Morgan fingerprint density at radius 1 is 1.34 bits per heavy atom. The Balaban J connectivity index is 1.50. The van der Waals surface area contributed by atoms with Crippen molar-refractivity contribution >= 4 is 29.1 Å². The first kappa shape index (κ1) is 21.1. The summed E-state index contributed by atoms with van der Waals surface area (Å²) in [6.45, 7) is 2.79. The van der Waals surface area contributed by atoms with Gasteiger partial charge in [-0.05, 0) is 56.5 Å². The van der Waals surface area contributed by atoms with Crippen LogP contribution in [0, 0.1) is 0 Å². The molecule has 2 heterocycles. The van der Waals surface area contributed by atoms with Gasteiger partial charge in [0.1, 0.15) is 5.75 Å². The summed E-state index contributed by atoms with van der Waals surface area (Å²) in [5.41, 5.74) is 12.6. The number of likely N-dealkylation sites (tertiary alicyclic amines) is 1. The molecule has 0 spiro atoms. The number of amides is 1. The molecular weight excluding hydrogens is 392 g/mol. The molecule has 1 fully saturated rings. The van der Waals surface area contributed by atoms with Gasteiger partial charge in [-0.25, -0.2) is 9.97 Å². The predicted octanol–water partition coefficient (Wildman–Crippen LogP) is 2.13. The van der Waals surface area contributed by atoms with E-state index in [2.05, 4.69) is 32.3 Å². The monoisotopic (exact) mass is 418 g/mol. The average Bonchev–Trinajstić information content (AvgIpc) is 2.71. The molecule has 1 aliphatic heterocycles. The molecule has 1 unspecified atom stereocenters. The van der Waals surface area contributed by atoms with E-state index in [4.69, 9.17) is 27.8 Å². The molecule has 0 saturated carbocycles. The van der Waals surface area contributed by atoms with Crippen LogP contribution in [0.25, 0.3) is 0 Å². The third-order valence-corrected chi connectivity index (χ3v) is 5.31. The van der Waals surface area contributed by atoms with Gasteiger partial charge in [-0.2, -0.15) is 0 Å². The van der Waals surface area contributed by atoms with Gasteiger partial charge in [0.05, 0.1) is 7.11 Å². The zero-order chi connectivity index (χ0) is 20.8. The second-order valence-corrected chi connectivity index (χ2v) is 7.56. The number of nitrogens with zero attached hydrogens (tertiary/aromatic N) is 3. The van der Waals surface area contributed by atoms with Crippen LogP contribution in [-0.2, 0) is 6.42 Å². The Kier molecular flexibility index (Phi) is 7.11. The van der Waals surface area contributed by atoms with Crippen molar-refractivity contribution in [2.24, 2.45) is 0 Å². The molecule has 0 bridgehead atoms. The molecule has 1 aromatic carbocycles. The van der Waals surface area contributed by atoms with Crippen LogP contribution in [0.3, 0.4) is 0 Å². The molecule has 9 heteroatoms. The number of benzene rings is 1. The molecule has 5 N–H and O–H groups in total. The molecule has 1 amide bonds. The molecule has 3 rings (SSSR count). The van der Waals surface area contributed by atoms with E-state index in [0.29, 0.717) is 0 Å².